The van der Waals surface area contributed by atoms with Gasteiger partial charge in [-0.3, -0.25) is 0 Å². The Labute approximate surface area is 103 Å². The average Bonchev–Trinajstić information content (AvgIpc) is 2.44. The molecule has 0 heterocycles. The van der Waals surface area contributed by atoms with E-state index in [9.17, 15) is 8.42 Å². The molecule has 2 atom stereocenters. The van der Waals surface area contributed by atoms with E-state index in [1.54, 1.807) is 0 Å². The summed E-state index contributed by atoms with van der Waals surface area (Å²) in [5, 5.41) is 0. The summed E-state index contributed by atoms with van der Waals surface area (Å²) in [6.07, 6.45) is 4.93. The summed E-state index contributed by atoms with van der Waals surface area (Å²) in [5.41, 5.74) is 5.96. The maximum atomic E-state index is 11.7. The first-order valence-corrected chi connectivity index (χ1v) is 7.55. The lowest BCUT2D eigenvalue weighted by atomic mass is 10.1. The Balaban J connectivity index is 2.44. The van der Waals surface area contributed by atoms with Gasteiger partial charge in [0.15, 0.2) is 0 Å². The quantitative estimate of drug-likeness (QED) is 0.455. The molecule has 0 aromatic rings. The number of methoxy groups -OCH3 is 1. The molecular formula is C10H23N3O3S. The molecule has 17 heavy (non-hydrogen) atoms. The fourth-order valence-corrected chi connectivity index (χ4v) is 3.13. The summed E-state index contributed by atoms with van der Waals surface area (Å²) in [6.45, 7) is 0.630. The molecule has 102 valence electrons. The van der Waals surface area contributed by atoms with E-state index in [4.69, 9.17) is 10.5 Å². The van der Waals surface area contributed by atoms with Gasteiger partial charge in [-0.25, -0.2) is 0 Å². The molecule has 0 aromatic heterocycles. The molecule has 1 aliphatic carbocycles. The summed E-state index contributed by atoms with van der Waals surface area (Å²) >= 11 is 0. The number of hydrogen-bond donors (Lipinski definition) is 3. The van der Waals surface area contributed by atoms with Crippen LogP contribution in [-0.4, -0.2) is 40.8 Å². The first-order valence-electron chi connectivity index (χ1n) is 6.06. The van der Waals surface area contributed by atoms with E-state index in [2.05, 4.69) is 9.44 Å². The van der Waals surface area contributed by atoms with E-state index in [0.717, 1.165) is 32.1 Å². The minimum Gasteiger partial charge on any atom is -0.383 e. The van der Waals surface area contributed by atoms with Crippen molar-refractivity contribution in [3.63, 3.8) is 0 Å². The predicted molar refractivity (Wildman–Crippen MR) is 66.8 cm³/mol. The molecule has 1 saturated carbocycles. The second kappa shape index (κ2) is 7.27. The standard InChI is InChI=1S/C10H23N3O3S/c1-16-8-7-12-17(14,15)13-10-6-4-2-3-5-9(10)11/h9-10,12-13H,2-8,11H2,1H3. The van der Waals surface area contributed by atoms with Gasteiger partial charge in [0.2, 0.25) is 0 Å². The molecule has 0 amide bonds. The minimum atomic E-state index is -3.46. The van der Waals surface area contributed by atoms with Gasteiger partial charge in [0.05, 0.1) is 6.61 Å². The predicted octanol–water partition coefficient (Wildman–Crippen LogP) is -0.283. The molecule has 0 bridgehead atoms. The molecule has 7 heteroatoms. The topological polar surface area (TPSA) is 93.4 Å². The van der Waals surface area contributed by atoms with E-state index in [1.165, 1.54) is 7.11 Å². The lowest BCUT2D eigenvalue weighted by molar-refractivity contribution is 0.204. The Hall–Kier alpha value is -0.210. The summed E-state index contributed by atoms with van der Waals surface area (Å²) in [6, 6.07) is -0.242. The van der Waals surface area contributed by atoms with Gasteiger partial charge in [0.25, 0.3) is 10.2 Å². The molecule has 0 aromatic carbocycles. The van der Waals surface area contributed by atoms with Crippen LogP contribution >= 0.6 is 0 Å². The van der Waals surface area contributed by atoms with Crippen molar-refractivity contribution in [3.05, 3.63) is 0 Å². The van der Waals surface area contributed by atoms with Crippen LogP contribution in [0.15, 0.2) is 0 Å². The Morgan fingerprint density at radius 1 is 1.29 bits per heavy atom. The van der Waals surface area contributed by atoms with Gasteiger partial charge >= 0.3 is 0 Å². The van der Waals surface area contributed by atoms with Crippen molar-refractivity contribution >= 4 is 10.2 Å². The highest BCUT2D eigenvalue weighted by molar-refractivity contribution is 7.87. The van der Waals surface area contributed by atoms with E-state index >= 15 is 0 Å². The highest BCUT2D eigenvalue weighted by Crippen LogP contribution is 2.17. The van der Waals surface area contributed by atoms with E-state index < -0.39 is 10.2 Å². The van der Waals surface area contributed by atoms with Gasteiger partial charge in [0.1, 0.15) is 0 Å². The summed E-state index contributed by atoms with van der Waals surface area (Å²) < 4.78 is 33.2. The summed E-state index contributed by atoms with van der Waals surface area (Å²) in [4.78, 5) is 0. The van der Waals surface area contributed by atoms with Crippen LogP contribution < -0.4 is 15.2 Å². The number of nitrogens with one attached hydrogen (secondary N) is 2. The summed E-state index contributed by atoms with van der Waals surface area (Å²) in [7, 11) is -1.93. The van der Waals surface area contributed by atoms with Crippen LogP contribution in [0.3, 0.4) is 0 Å². The van der Waals surface area contributed by atoms with Crippen LogP contribution in [0.5, 0.6) is 0 Å². The fourth-order valence-electron chi connectivity index (χ4n) is 2.00. The fraction of sp³-hybridized carbons (Fsp3) is 1.00. The van der Waals surface area contributed by atoms with Crippen molar-refractivity contribution in [1.82, 2.24) is 9.44 Å². The molecule has 0 saturated heterocycles. The number of ether oxygens (including phenoxy) is 1. The average molecular weight is 265 g/mol. The van der Waals surface area contributed by atoms with Gasteiger partial charge in [-0.2, -0.15) is 17.9 Å². The van der Waals surface area contributed by atoms with Crippen molar-refractivity contribution in [2.24, 2.45) is 5.73 Å². The van der Waals surface area contributed by atoms with Crippen LogP contribution in [0, 0.1) is 0 Å². The minimum absolute atomic E-state index is 0.0866. The monoisotopic (exact) mass is 265 g/mol. The molecule has 0 aliphatic heterocycles. The van der Waals surface area contributed by atoms with Crippen molar-refractivity contribution in [2.75, 3.05) is 20.3 Å². The Kier molecular flexibility index (Phi) is 6.35. The van der Waals surface area contributed by atoms with E-state index in [1.807, 2.05) is 0 Å². The maximum absolute atomic E-state index is 11.7. The first-order chi connectivity index (χ1) is 8.05. The number of hydrogen-bond acceptors (Lipinski definition) is 4. The van der Waals surface area contributed by atoms with Crippen LogP contribution in [0.2, 0.25) is 0 Å². The van der Waals surface area contributed by atoms with E-state index in [0.29, 0.717) is 6.61 Å². The van der Waals surface area contributed by atoms with Gasteiger partial charge in [-0.15, -0.1) is 0 Å². The zero-order valence-electron chi connectivity index (χ0n) is 10.3. The third-order valence-electron chi connectivity index (χ3n) is 2.97. The smallest absolute Gasteiger partial charge is 0.277 e. The number of rotatable bonds is 6. The van der Waals surface area contributed by atoms with Crippen LogP contribution in [-0.2, 0) is 14.9 Å². The van der Waals surface area contributed by atoms with Gasteiger partial charge in [0, 0.05) is 25.7 Å². The highest BCUT2D eigenvalue weighted by atomic mass is 32.2. The van der Waals surface area contributed by atoms with Crippen LogP contribution in [0.1, 0.15) is 32.1 Å². The first kappa shape index (κ1) is 14.8. The lowest BCUT2D eigenvalue weighted by Crippen LogP contribution is -2.50. The third-order valence-corrected chi connectivity index (χ3v) is 4.17. The molecule has 0 radical (unpaired) electrons. The highest BCUT2D eigenvalue weighted by Gasteiger charge is 2.24. The van der Waals surface area contributed by atoms with Gasteiger partial charge < -0.3 is 10.5 Å². The van der Waals surface area contributed by atoms with Crippen molar-refractivity contribution in [1.29, 1.82) is 0 Å². The molecule has 4 N–H and O–H groups in total. The Morgan fingerprint density at radius 2 is 2.00 bits per heavy atom. The molecule has 0 spiro atoms. The van der Waals surface area contributed by atoms with E-state index in [-0.39, 0.29) is 18.6 Å². The molecule has 1 aliphatic rings. The zero-order chi connectivity index (χ0) is 12.7. The summed E-state index contributed by atoms with van der Waals surface area (Å²) in [5.74, 6) is 0. The lowest BCUT2D eigenvalue weighted by Gasteiger charge is -2.22. The second-order valence-corrected chi connectivity index (χ2v) is 5.95. The molecule has 2 unspecified atom stereocenters. The number of nitrogens with two attached hydrogens (primary N) is 1. The maximum Gasteiger partial charge on any atom is 0.277 e. The zero-order valence-corrected chi connectivity index (χ0v) is 11.1. The Bertz CT molecular complexity index is 308. The van der Waals surface area contributed by atoms with Crippen molar-refractivity contribution in [3.8, 4) is 0 Å². The third kappa shape index (κ3) is 5.78. The SMILES string of the molecule is COCCNS(=O)(=O)NC1CCCCCC1N. The Morgan fingerprint density at radius 3 is 2.71 bits per heavy atom. The normalized spacial score (nSPS) is 26.7. The van der Waals surface area contributed by atoms with Gasteiger partial charge in [-0.1, -0.05) is 19.3 Å². The van der Waals surface area contributed by atoms with Crippen molar-refractivity contribution < 1.29 is 13.2 Å². The van der Waals surface area contributed by atoms with Crippen LogP contribution in [0.4, 0.5) is 0 Å². The van der Waals surface area contributed by atoms with Gasteiger partial charge in [-0.05, 0) is 12.8 Å². The largest absolute Gasteiger partial charge is 0.383 e. The molecule has 6 nitrogen and oxygen atoms in total. The van der Waals surface area contributed by atoms with Crippen molar-refractivity contribution in [2.45, 2.75) is 44.2 Å². The molecule has 1 rings (SSSR count). The second-order valence-electron chi connectivity index (χ2n) is 4.42. The van der Waals surface area contributed by atoms with Crippen LogP contribution in [0.25, 0.3) is 0 Å². The molecular weight excluding hydrogens is 242 g/mol. The molecule has 1 fully saturated rings.